The topological polar surface area (TPSA) is 22.1 Å². The van der Waals surface area contributed by atoms with E-state index in [9.17, 15) is 4.39 Å². The number of aromatic nitrogens is 1. The van der Waals surface area contributed by atoms with E-state index < -0.39 is 6.17 Å². The van der Waals surface area contributed by atoms with Crippen molar-refractivity contribution in [3.8, 4) is 28.1 Å². The molecule has 3 aromatic rings. The predicted molar refractivity (Wildman–Crippen MR) is 137 cm³/mol. The van der Waals surface area contributed by atoms with Gasteiger partial charge in [0.25, 0.3) is 0 Å². The Bertz CT molecular complexity index is 971. The largest absolute Gasteiger partial charge is 0.493 e. The van der Waals surface area contributed by atoms with Crippen LogP contribution in [-0.4, -0.2) is 17.8 Å². The molecule has 0 amide bonds. The number of ether oxygens (including phenoxy) is 1. The fourth-order valence-corrected chi connectivity index (χ4v) is 4.18. The van der Waals surface area contributed by atoms with Crippen LogP contribution >= 0.6 is 0 Å². The van der Waals surface area contributed by atoms with Gasteiger partial charge in [-0.2, -0.15) is 0 Å². The van der Waals surface area contributed by atoms with Crippen LogP contribution in [0.15, 0.2) is 66.9 Å². The minimum atomic E-state index is -0.798. The zero-order chi connectivity index (χ0) is 23.3. The van der Waals surface area contributed by atoms with Crippen molar-refractivity contribution >= 4 is 0 Å². The van der Waals surface area contributed by atoms with Gasteiger partial charge in [0.1, 0.15) is 11.9 Å². The van der Waals surface area contributed by atoms with Crippen molar-refractivity contribution in [1.82, 2.24) is 4.98 Å². The molecule has 2 aromatic carbocycles. The SMILES string of the molecule is CCCCCc1cccc(-c2ncccc2-c2ccccc2OCCC(F)CCCCC)c1. The molecule has 176 valence electrons. The Labute approximate surface area is 199 Å². The summed E-state index contributed by atoms with van der Waals surface area (Å²) in [6, 6.07) is 20.8. The van der Waals surface area contributed by atoms with E-state index in [2.05, 4.69) is 50.2 Å². The smallest absolute Gasteiger partial charge is 0.127 e. The van der Waals surface area contributed by atoms with Crippen molar-refractivity contribution in [1.29, 1.82) is 0 Å². The third-order valence-corrected chi connectivity index (χ3v) is 6.06. The monoisotopic (exact) mass is 447 g/mol. The maximum absolute atomic E-state index is 14.2. The Morgan fingerprint density at radius 2 is 1.61 bits per heavy atom. The second-order valence-electron chi connectivity index (χ2n) is 8.78. The third-order valence-electron chi connectivity index (χ3n) is 6.06. The normalized spacial score (nSPS) is 12.0. The number of aryl methyl sites for hydroxylation is 1. The van der Waals surface area contributed by atoms with Gasteiger partial charge in [-0.25, -0.2) is 4.39 Å². The van der Waals surface area contributed by atoms with Gasteiger partial charge in [0, 0.05) is 29.3 Å². The molecular weight excluding hydrogens is 409 g/mol. The number of rotatable bonds is 14. The zero-order valence-corrected chi connectivity index (χ0v) is 20.2. The molecule has 0 saturated carbocycles. The molecule has 1 heterocycles. The average Bonchev–Trinajstić information content (AvgIpc) is 2.85. The molecule has 0 N–H and O–H groups in total. The highest BCUT2D eigenvalue weighted by molar-refractivity contribution is 5.83. The molecule has 1 unspecified atom stereocenters. The highest BCUT2D eigenvalue weighted by atomic mass is 19.1. The van der Waals surface area contributed by atoms with Gasteiger partial charge in [0.15, 0.2) is 0 Å². The lowest BCUT2D eigenvalue weighted by Crippen LogP contribution is -2.08. The second-order valence-corrected chi connectivity index (χ2v) is 8.78. The Morgan fingerprint density at radius 3 is 2.45 bits per heavy atom. The number of benzene rings is 2. The molecule has 0 bridgehead atoms. The number of pyridine rings is 1. The van der Waals surface area contributed by atoms with Crippen molar-refractivity contribution in [2.75, 3.05) is 6.61 Å². The molecule has 1 aromatic heterocycles. The summed E-state index contributed by atoms with van der Waals surface area (Å²) in [5, 5.41) is 0. The zero-order valence-electron chi connectivity index (χ0n) is 20.2. The maximum atomic E-state index is 14.2. The summed E-state index contributed by atoms with van der Waals surface area (Å²) in [5.74, 6) is 0.784. The van der Waals surface area contributed by atoms with Crippen molar-refractivity contribution in [2.24, 2.45) is 0 Å². The highest BCUT2D eigenvalue weighted by Gasteiger charge is 2.14. The third kappa shape index (κ3) is 7.70. The predicted octanol–water partition coefficient (Wildman–Crippen LogP) is 8.84. The number of alkyl halides is 1. The molecule has 33 heavy (non-hydrogen) atoms. The Balaban J connectivity index is 1.77. The summed E-state index contributed by atoms with van der Waals surface area (Å²) in [6.45, 7) is 4.76. The molecule has 0 fully saturated rings. The lowest BCUT2D eigenvalue weighted by atomic mass is 9.96. The van der Waals surface area contributed by atoms with Gasteiger partial charge in [0.2, 0.25) is 0 Å². The fraction of sp³-hybridized carbons (Fsp3) is 0.433. The summed E-state index contributed by atoms with van der Waals surface area (Å²) >= 11 is 0. The first-order chi connectivity index (χ1) is 16.2. The Morgan fingerprint density at radius 1 is 0.818 bits per heavy atom. The van der Waals surface area contributed by atoms with Gasteiger partial charge >= 0.3 is 0 Å². The average molecular weight is 448 g/mol. The first-order valence-corrected chi connectivity index (χ1v) is 12.6. The number of halogens is 1. The van der Waals surface area contributed by atoms with E-state index in [4.69, 9.17) is 9.72 Å². The quantitative estimate of drug-likeness (QED) is 0.230. The van der Waals surface area contributed by atoms with Crippen molar-refractivity contribution in [2.45, 2.75) is 77.8 Å². The van der Waals surface area contributed by atoms with Crippen molar-refractivity contribution in [3.05, 3.63) is 72.4 Å². The van der Waals surface area contributed by atoms with Crippen LogP contribution in [0.5, 0.6) is 5.75 Å². The molecule has 1 atom stereocenters. The number of hydrogen-bond donors (Lipinski definition) is 0. The maximum Gasteiger partial charge on any atom is 0.127 e. The summed E-state index contributed by atoms with van der Waals surface area (Å²) in [6.07, 6.45) is 10.0. The minimum absolute atomic E-state index is 0.382. The van der Waals surface area contributed by atoms with E-state index in [-0.39, 0.29) is 0 Å². The molecule has 0 aliphatic heterocycles. The van der Waals surface area contributed by atoms with Crippen LogP contribution in [0.1, 0.15) is 70.8 Å². The van der Waals surface area contributed by atoms with E-state index in [0.29, 0.717) is 19.4 Å². The molecule has 0 aliphatic rings. The van der Waals surface area contributed by atoms with Crippen LogP contribution in [0.3, 0.4) is 0 Å². The fourth-order valence-electron chi connectivity index (χ4n) is 4.18. The lowest BCUT2D eigenvalue weighted by Gasteiger charge is -2.15. The van der Waals surface area contributed by atoms with Crippen molar-refractivity contribution < 1.29 is 9.13 Å². The van der Waals surface area contributed by atoms with E-state index >= 15 is 0 Å². The Kier molecular flexibility index (Phi) is 10.4. The lowest BCUT2D eigenvalue weighted by molar-refractivity contribution is 0.223. The van der Waals surface area contributed by atoms with Gasteiger partial charge in [0.05, 0.1) is 12.3 Å². The summed E-state index contributed by atoms with van der Waals surface area (Å²) in [4.78, 5) is 4.74. The van der Waals surface area contributed by atoms with Crippen LogP contribution in [0, 0.1) is 0 Å². The van der Waals surface area contributed by atoms with Gasteiger partial charge < -0.3 is 4.74 Å². The molecule has 0 saturated heterocycles. The number of para-hydroxylation sites is 1. The van der Waals surface area contributed by atoms with Gasteiger partial charge in [-0.3, -0.25) is 4.98 Å². The highest BCUT2D eigenvalue weighted by Crippen LogP contribution is 2.36. The molecule has 3 rings (SSSR count). The van der Waals surface area contributed by atoms with E-state index in [0.717, 1.165) is 53.8 Å². The first kappa shape index (κ1) is 25.0. The summed E-state index contributed by atoms with van der Waals surface area (Å²) < 4.78 is 20.3. The van der Waals surface area contributed by atoms with Crippen LogP contribution in [0.4, 0.5) is 4.39 Å². The summed E-state index contributed by atoms with van der Waals surface area (Å²) in [7, 11) is 0. The molecule has 2 nitrogen and oxygen atoms in total. The number of nitrogens with zero attached hydrogens (tertiary/aromatic N) is 1. The van der Waals surface area contributed by atoms with Gasteiger partial charge in [-0.05, 0) is 43.0 Å². The van der Waals surface area contributed by atoms with Gasteiger partial charge in [-0.15, -0.1) is 0 Å². The number of hydrogen-bond acceptors (Lipinski definition) is 2. The van der Waals surface area contributed by atoms with Crippen LogP contribution in [-0.2, 0) is 6.42 Å². The Hall–Kier alpha value is -2.68. The van der Waals surface area contributed by atoms with E-state index in [1.807, 2.05) is 30.5 Å². The van der Waals surface area contributed by atoms with E-state index in [1.54, 1.807) is 0 Å². The molecule has 3 heteroatoms. The van der Waals surface area contributed by atoms with Crippen LogP contribution < -0.4 is 4.74 Å². The first-order valence-electron chi connectivity index (χ1n) is 12.6. The molecule has 0 aliphatic carbocycles. The standard InChI is InChI=1S/C30H38FNO/c1-3-5-7-13-24-14-11-15-25(23-24)30-28(18-12-21-32-30)27-17-9-10-19-29(27)33-22-20-26(31)16-8-6-4-2/h9-12,14-15,17-19,21,23,26H,3-8,13,16,20,22H2,1-2H3. The second kappa shape index (κ2) is 13.8. The minimum Gasteiger partial charge on any atom is -0.493 e. The molecule has 0 radical (unpaired) electrons. The van der Waals surface area contributed by atoms with Crippen LogP contribution in [0.2, 0.25) is 0 Å². The van der Waals surface area contributed by atoms with Gasteiger partial charge in [-0.1, -0.05) is 88.4 Å². The van der Waals surface area contributed by atoms with Crippen molar-refractivity contribution in [3.63, 3.8) is 0 Å². The molecule has 0 spiro atoms. The number of unbranched alkanes of at least 4 members (excludes halogenated alkanes) is 4. The van der Waals surface area contributed by atoms with Crippen LogP contribution in [0.25, 0.3) is 22.4 Å². The molecular formula is C30H38FNO. The summed E-state index contributed by atoms with van der Waals surface area (Å²) in [5.41, 5.74) is 5.46. The van der Waals surface area contributed by atoms with E-state index in [1.165, 1.54) is 24.8 Å².